The Labute approximate surface area is 224 Å². The topological polar surface area (TPSA) is 171 Å². The Morgan fingerprint density at radius 3 is 2.11 bits per heavy atom. The maximum Gasteiger partial charge on any atom is 0.330 e. The molecule has 1 aromatic rings. The predicted octanol–water partition coefficient (Wildman–Crippen LogP) is 0.0314. The fraction of sp³-hybridized carbons (Fsp3) is 0.636. The van der Waals surface area contributed by atoms with Gasteiger partial charge in [-0.2, -0.15) is 0 Å². The number of amides is 1. The van der Waals surface area contributed by atoms with Crippen LogP contribution in [0.25, 0.3) is 0 Å². The van der Waals surface area contributed by atoms with Crippen LogP contribution >= 0.6 is 23.2 Å². The van der Waals surface area contributed by atoms with E-state index in [0.717, 1.165) is 27.8 Å². The number of ketones is 1. The first-order chi connectivity index (χ1) is 17.4. The molecule has 2 fully saturated rings. The minimum absolute atomic E-state index is 0.377. The maximum atomic E-state index is 14.3. The van der Waals surface area contributed by atoms with Gasteiger partial charge in [0.2, 0.25) is 11.8 Å². The van der Waals surface area contributed by atoms with Gasteiger partial charge in [-0.1, -0.05) is 6.92 Å². The molecule has 0 bridgehead atoms. The summed E-state index contributed by atoms with van der Waals surface area (Å²) in [5.41, 5.74) is -1.32. The van der Waals surface area contributed by atoms with Gasteiger partial charge >= 0.3 is 5.69 Å². The van der Waals surface area contributed by atoms with Crippen LogP contribution < -0.4 is 11.2 Å². The molecule has 3 aliphatic rings. The van der Waals surface area contributed by atoms with Crippen molar-refractivity contribution in [3.8, 4) is 0 Å². The second-order valence-corrected chi connectivity index (χ2v) is 11.2. The van der Waals surface area contributed by atoms with Crippen LogP contribution in [0.1, 0.15) is 33.4 Å². The summed E-state index contributed by atoms with van der Waals surface area (Å²) in [6, 6.07) is 1.11. The number of aliphatic hydroxyl groups is 3. The maximum absolute atomic E-state index is 14.3. The molecule has 1 aromatic heterocycles. The Bertz CT molecular complexity index is 1240. The average molecular weight is 586 g/mol. The van der Waals surface area contributed by atoms with Crippen LogP contribution in [0.5, 0.6) is 0 Å². The van der Waals surface area contributed by atoms with Crippen molar-refractivity contribution in [1.82, 2.24) is 14.5 Å². The molecule has 0 unspecified atom stereocenters. The number of nitrogens with zero attached hydrogens (tertiary/aromatic N) is 2. The standard InChI is InChI=1S/C11H14ClFN2O4.C11H13ClFNO5/c1-6-10(2,12)8(19-11(6,13)5-16)15-4-3-7(17)14-9(15)18;1-10(12)8(18)11(13,5-15)19-9(10)14-3-2-6(16)4-7(14)17/h3-4,6,8,16H,5H2,1-2H3,(H,14,17,18);2-3,8-9,15,18H,4-5H2,1H3/t6-,8+,10+,11+;8-,9+,10+,11+/m00/s1. The molecule has 4 heterocycles. The fourth-order valence-electron chi connectivity index (χ4n) is 4.28. The van der Waals surface area contributed by atoms with Crippen LogP contribution in [0.4, 0.5) is 8.78 Å². The van der Waals surface area contributed by atoms with Crippen molar-refractivity contribution in [3.05, 3.63) is 45.4 Å². The molecule has 212 valence electrons. The van der Waals surface area contributed by atoms with Crippen LogP contribution in [0.3, 0.4) is 0 Å². The molecule has 1 amide bonds. The van der Waals surface area contributed by atoms with Crippen molar-refractivity contribution >= 4 is 34.9 Å². The highest BCUT2D eigenvalue weighted by atomic mass is 35.5. The number of halogens is 4. The van der Waals surface area contributed by atoms with E-state index in [2.05, 4.69) is 0 Å². The normalized spacial score (nSPS) is 40.8. The molecule has 3 aliphatic heterocycles. The number of alkyl halides is 4. The van der Waals surface area contributed by atoms with Gasteiger partial charge in [0, 0.05) is 24.4 Å². The second-order valence-electron chi connectivity index (χ2n) is 9.53. The number of hydrogen-bond acceptors (Lipinski definition) is 9. The van der Waals surface area contributed by atoms with Crippen molar-refractivity contribution in [1.29, 1.82) is 0 Å². The van der Waals surface area contributed by atoms with Crippen molar-refractivity contribution in [2.75, 3.05) is 13.2 Å². The lowest BCUT2D eigenvalue weighted by atomic mass is 9.90. The van der Waals surface area contributed by atoms with E-state index in [-0.39, 0.29) is 12.2 Å². The van der Waals surface area contributed by atoms with E-state index in [9.17, 15) is 33.1 Å². The molecule has 16 heteroatoms. The molecular weight excluding hydrogens is 559 g/mol. The van der Waals surface area contributed by atoms with Crippen LogP contribution in [-0.4, -0.2) is 88.5 Å². The molecule has 0 aromatic carbocycles. The summed E-state index contributed by atoms with van der Waals surface area (Å²) in [5.74, 6) is -6.94. The number of carbonyl (C=O) groups excluding carboxylic acids is 2. The zero-order valence-corrected chi connectivity index (χ0v) is 21.9. The molecule has 0 radical (unpaired) electrons. The van der Waals surface area contributed by atoms with E-state index < -0.39 is 76.3 Å². The number of hydrogen-bond donors (Lipinski definition) is 4. The van der Waals surface area contributed by atoms with Gasteiger partial charge in [0.1, 0.15) is 24.2 Å². The fourth-order valence-corrected chi connectivity index (χ4v) is 4.91. The van der Waals surface area contributed by atoms with E-state index >= 15 is 0 Å². The van der Waals surface area contributed by atoms with Gasteiger partial charge < -0.3 is 24.8 Å². The molecule has 8 atom stereocenters. The van der Waals surface area contributed by atoms with Gasteiger partial charge in [0.15, 0.2) is 18.2 Å². The van der Waals surface area contributed by atoms with E-state index in [1.807, 2.05) is 4.98 Å². The number of H-pyrrole nitrogens is 1. The molecule has 4 rings (SSSR count). The highest BCUT2D eigenvalue weighted by Crippen LogP contribution is 2.52. The number of carbonyl (C=O) groups is 2. The largest absolute Gasteiger partial charge is 0.390 e. The van der Waals surface area contributed by atoms with E-state index in [1.165, 1.54) is 27.0 Å². The Morgan fingerprint density at radius 1 is 1.05 bits per heavy atom. The lowest BCUT2D eigenvalue weighted by Gasteiger charge is -2.33. The Morgan fingerprint density at radius 2 is 1.63 bits per heavy atom. The van der Waals surface area contributed by atoms with Crippen LogP contribution in [0, 0.1) is 5.92 Å². The zero-order chi connectivity index (χ0) is 28.8. The van der Waals surface area contributed by atoms with Gasteiger partial charge in [-0.05, 0) is 19.9 Å². The zero-order valence-electron chi connectivity index (χ0n) is 20.4. The second kappa shape index (κ2) is 10.4. The Hall–Kier alpha value is -2.20. The van der Waals surface area contributed by atoms with Crippen LogP contribution in [-0.2, 0) is 19.1 Å². The van der Waals surface area contributed by atoms with Crippen molar-refractivity contribution in [2.45, 2.75) is 67.2 Å². The third kappa shape index (κ3) is 5.18. The number of aromatic nitrogens is 2. The van der Waals surface area contributed by atoms with Gasteiger partial charge in [-0.25, -0.2) is 13.6 Å². The number of allylic oxidation sites excluding steroid dienone is 1. The van der Waals surface area contributed by atoms with Crippen LogP contribution in [0.15, 0.2) is 34.1 Å². The number of nitrogens with one attached hydrogen (secondary N) is 1. The Kier molecular flexibility index (Phi) is 8.31. The summed E-state index contributed by atoms with van der Waals surface area (Å²) in [4.78, 5) is 45.6. The number of rotatable bonds is 4. The number of aliphatic hydroxyl groups excluding tert-OH is 3. The van der Waals surface area contributed by atoms with Crippen molar-refractivity contribution in [2.24, 2.45) is 5.92 Å². The van der Waals surface area contributed by atoms with Crippen molar-refractivity contribution < 1.29 is 43.2 Å². The summed E-state index contributed by atoms with van der Waals surface area (Å²) in [6.07, 6.45) is -1.20. The summed E-state index contributed by atoms with van der Waals surface area (Å²) in [5, 5.41) is 27.9. The van der Waals surface area contributed by atoms with Crippen molar-refractivity contribution in [3.63, 3.8) is 0 Å². The molecule has 0 saturated carbocycles. The predicted molar refractivity (Wildman–Crippen MR) is 127 cm³/mol. The molecule has 38 heavy (non-hydrogen) atoms. The minimum atomic E-state index is -2.75. The first-order valence-corrected chi connectivity index (χ1v) is 12.0. The summed E-state index contributed by atoms with van der Waals surface area (Å²) in [7, 11) is 0. The summed E-state index contributed by atoms with van der Waals surface area (Å²) >= 11 is 12.3. The number of aromatic amines is 1. The van der Waals surface area contributed by atoms with Crippen LogP contribution in [0.2, 0.25) is 0 Å². The van der Waals surface area contributed by atoms with Gasteiger partial charge in [0.25, 0.3) is 11.4 Å². The highest BCUT2D eigenvalue weighted by molar-refractivity contribution is 6.25. The van der Waals surface area contributed by atoms with E-state index in [0.29, 0.717) is 0 Å². The summed E-state index contributed by atoms with van der Waals surface area (Å²) < 4.78 is 39.5. The quantitative estimate of drug-likeness (QED) is 0.281. The van der Waals surface area contributed by atoms with Gasteiger partial charge in [-0.15, -0.1) is 23.2 Å². The van der Waals surface area contributed by atoms with E-state index in [4.69, 9.17) is 42.9 Å². The Balaban J connectivity index is 0.000000211. The summed E-state index contributed by atoms with van der Waals surface area (Å²) in [6.45, 7) is 2.32. The molecular formula is C22H27Cl2F2N3O9. The lowest BCUT2D eigenvalue weighted by Crippen LogP contribution is -2.51. The lowest BCUT2D eigenvalue weighted by molar-refractivity contribution is -0.212. The molecule has 12 nitrogen and oxygen atoms in total. The smallest absolute Gasteiger partial charge is 0.330 e. The van der Waals surface area contributed by atoms with Gasteiger partial charge in [0.05, 0.1) is 11.3 Å². The molecule has 4 N–H and O–H groups in total. The van der Waals surface area contributed by atoms with E-state index in [1.54, 1.807) is 0 Å². The minimum Gasteiger partial charge on any atom is -0.390 e. The monoisotopic (exact) mass is 585 g/mol. The average Bonchev–Trinajstić information content (AvgIpc) is 3.14. The number of ether oxygens (including phenoxy) is 2. The first kappa shape index (κ1) is 30.3. The van der Waals surface area contributed by atoms with Gasteiger partial charge in [-0.3, -0.25) is 28.8 Å². The molecule has 0 spiro atoms. The molecule has 0 aliphatic carbocycles. The molecule has 2 saturated heterocycles. The first-order valence-electron chi connectivity index (χ1n) is 11.3. The third-order valence-electron chi connectivity index (χ3n) is 6.84. The third-order valence-corrected chi connectivity index (χ3v) is 7.75. The SMILES string of the molecule is C[C@H]1[C@@](C)(Cl)[C@H](n2ccc(=O)[nH]c2=O)O[C@]1(F)CO.C[C@]1(Cl)[C@H](N2C=CC(=O)CC2=O)O[C@](F)(CO)[C@H]1O. The highest BCUT2D eigenvalue weighted by Gasteiger charge is 2.64.